The fraction of sp³-hybridized carbons (Fsp3) is 0.143. The molecule has 0 amide bonds. The SMILES string of the molecule is Bc1ccc([S+]([O-])Cl)cc1C. The molecule has 0 aliphatic heterocycles. The van der Waals surface area contributed by atoms with Crippen LogP contribution in [0.5, 0.6) is 0 Å². The van der Waals surface area contributed by atoms with Gasteiger partial charge in [0.2, 0.25) is 0 Å². The van der Waals surface area contributed by atoms with Crippen molar-refractivity contribution in [1.82, 2.24) is 0 Å². The monoisotopic (exact) mass is 186 g/mol. The summed E-state index contributed by atoms with van der Waals surface area (Å²) >= 11 is 0. The lowest BCUT2D eigenvalue weighted by atomic mass is 9.92. The zero-order valence-electron chi connectivity index (χ0n) is 6.43. The summed E-state index contributed by atoms with van der Waals surface area (Å²) in [5, 5.41) is 0. The first-order valence-corrected chi connectivity index (χ1v) is 5.24. The molecule has 0 saturated carbocycles. The molecule has 0 heterocycles. The van der Waals surface area contributed by atoms with Gasteiger partial charge >= 0.3 is 0 Å². The summed E-state index contributed by atoms with van der Waals surface area (Å²) in [6.45, 7) is 1.97. The number of hydrogen-bond donors (Lipinski definition) is 0. The van der Waals surface area contributed by atoms with Crippen molar-refractivity contribution < 1.29 is 4.55 Å². The van der Waals surface area contributed by atoms with E-state index in [4.69, 9.17) is 10.7 Å². The van der Waals surface area contributed by atoms with Crippen molar-refractivity contribution in [1.29, 1.82) is 0 Å². The van der Waals surface area contributed by atoms with Gasteiger partial charge in [-0.15, -0.1) is 0 Å². The molecule has 0 spiro atoms. The molecule has 58 valence electrons. The van der Waals surface area contributed by atoms with Gasteiger partial charge < -0.3 is 4.55 Å². The maximum Gasteiger partial charge on any atom is 0.181 e. The van der Waals surface area contributed by atoms with E-state index in [1.165, 1.54) is 5.46 Å². The van der Waals surface area contributed by atoms with Crippen LogP contribution in [0.2, 0.25) is 0 Å². The van der Waals surface area contributed by atoms with E-state index in [-0.39, 0.29) is 0 Å². The highest BCUT2D eigenvalue weighted by molar-refractivity contribution is 8.13. The molecular weight excluding hydrogens is 178 g/mol. The van der Waals surface area contributed by atoms with Gasteiger partial charge in [0.15, 0.2) is 15.6 Å². The van der Waals surface area contributed by atoms with Gasteiger partial charge in [-0.1, -0.05) is 17.1 Å². The molecule has 1 nitrogen and oxygen atoms in total. The van der Waals surface area contributed by atoms with Crippen LogP contribution in [-0.4, -0.2) is 12.4 Å². The summed E-state index contributed by atoms with van der Waals surface area (Å²) in [5.41, 5.74) is 2.31. The van der Waals surface area contributed by atoms with Crippen molar-refractivity contribution in [3.8, 4) is 0 Å². The predicted octanol–water partition coefficient (Wildman–Crippen LogP) is 0.515. The van der Waals surface area contributed by atoms with Crippen LogP contribution < -0.4 is 5.46 Å². The standard InChI is InChI=1S/C7H8BClOS/c1-5-4-6(11(9)10)2-3-7(5)8/h2-4H,8H2,1H3. The highest BCUT2D eigenvalue weighted by atomic mass is 35.7. The third kappa shape index (κ3) is 2.16. The number of rotatable bonds is 1. The van der Waals surface area contributed by atoms with Gasteiger partial charge in [0.25, 0.3) is 0 Å². The van der Waals surface area contributed by atoms with Crippen molar-refractivity contribution >= 4 is 34.4 Å². The van der Waals surface area contributed by atoms with Gasteiger partial charge in [-0.05, 0) is 19.1 Å². The van der Waals surface area contributed by atoms with Crippen LogP contribution >= 0.6 is 10.7 Å². The lowest BCUT2D eigenvalue weighted by Crippen LogP contribution is -2.07. The lowest BCUT2D eigenvalue weighted by Gasteiger charge is -2.02. The predicted molar refractivity (Wildman–Crippen MR) is 51.6 cm³/mol. The zero-order chi connectivity index (χ0) is 8.43. The maximum atomic E-state index is 10.8. The molecule has 0 aromatic heterocycles. The Balaban J connectivity index is 3.05. The summed E-state index contributed by atoms with van der Waals surface area (Å²) < 4.78 is 10.8. The minimum Gasteiger partial charge on any atom is -0.594 e. The quantitative estimate of drug-likeness (QED) is 0.463. The van der Waals surface area contributed by atoms with Crippen LogP contribution in [0.4, 0.5) is 0 Å². The summed E-state index contributed by atoms with van der Waals surface area (Å²) in [6, 6.07) is 5.55. The third-order valence-electron chi connectivity index (χ3n) is 1.66. The topological polar surface area (TPSA) is 23.1 Å². The summed E-state index contributed by atoms with van der Waals surface area (Å²) in [7, 11) is 6.03. The van der Waals surface area contributed by atoms with E-state index in [0.717, 1.165) is 5.56 Å². The number of hydrogen-bond acceptors (Lipinski definition) is 1. The Bertz CT molecular complexity index is 265. The number of benzene rings is 1. The van der Waals surface area contributed by atoms with Crippen LogP contribution in [0.3, 0.4) is 0 Å². The first-order valence-electron chi connectivity index (χ1n) is 3.26. The number of halogens is 1. The first-order chi connectivity index (χ1) is 5.11. The van der Waals surface area contributed by atoms with E-state index < -0.39 is 10.4 Å². The first kappa shape index (κ1) is 8.98. The second-order valence-corrected chi connectivity index (χ2v) is 4.23. The molecule has 0 N–H and O–H groups in total. The van der Waals surface area contributed by atoms with E-state index in [1.807, 2.05) is 26.9 Å². The Morgan fingerprint density at radius 3 is 2.64 bits per heavy atom. The fourth-order valence-electron chi connectivity index (χ4n) is 0.814. The van der Waals surface area contributed by atoms with Crippen molar-refractivity contribution in [3.05, 3.63) is 23.8 Å². The molecule has 0 aliphatic rings. The second-order valence-electron chi connectivity index (χ2n) is 2.47. The minimum absolute atomic E-state index is 0.676. The largest absolute Gasteiger partial charge is 0.594 e. The highest BCUT2D eigenvalue weighted by Gasteiger charge is 2.07. The van der Waals surface area contributed by atoms with Crippen LogP contribution in [0.25, 0.3) is 0 Å². The molecule has 0 saturated heterocycles. The average Bonchev–Trinajstić information content (AvgIpc) is 1.94. The Morgan fingerprint density at radius 2 is 2.18 bits per heavy atom. The molecule has 1 aromatic carbocycles. The average molecular weight is 186 g/mol. The molecule has 11 heavy (non-hydrogen) atoms. The van der Waals surface area contributed by atoms with Crippen molar-refractivity contribution in [2.24, 2.45) is 0 Å². The molecular formula is C7H8BClOS. The van der Waals surface area contributed by atoms with E-state index in [9.17, 15) is 4.55 Å². The van der Waals surface area contributed by atoms with Gasteiger partial charge in [0.05, 0.1) is 0 Å². The molecule has 1 unspecified atom stereocenters. The van der Waals surface area contributed by atoms with Gasteiger partial charge in [-0.3, -0.25) is 0 Å². The van der Waals surface area contributed by atoms with Crippen molar-refractivity contribution in [2.75, 3.05) is 0 Å². The maximum absolute atomic E-state index is 10.8. The Labute approximate surface area is 74.8 Å². The third-order valence-corrected chi connectivity index (χ3v) is 2.82. The van der Waals surface area contributed by atoms with Gasteiger partial charge in [-0.2, -0.15) is 0 Å². The van der Waals surface area contributed by atoms with Gasteiger partial charge in [0.1, 0.15) is 18.2 Å². The Kier molecular flexibility index (Phi) is 2.87. The normalized spacial score (nSPS) is 13.0. The highest BCUT2D eigenvalue weighted by Crippen LogP contribution is 2.14. The van der Waals surface area contributed by atoms with Crippen LogP contribution in [-0.2, 0) is 10.4 Å². The van der Waals surface area contributed by atoms with Crippen LogP contribution in [0.15, 0.2) is 23.1 Å². The molecule has 4 heteroatoms. The minimum atomic E-state index is -1.38. The lowest BCUT2D eigenvalue weighted by molar-refractivity contribution is 0.608. The molecule has 1 rings (SSSR count). The Hall–Kier alpha value is -0.115. The van der Waals surface area contributed by atoms with Crippen LogP contribution in [0.1, 0.15) is 5.56 Å². The molecule has 1 atom stereocenters. The molecule has 0 bridgehead atoms. The second kappa shape index (κ2) is 3.52. The summed E-state index contributed by atoms with van der Waals surface area (Å²) in [5.74, 6) is 0. The van der Waals surface area contributed by atoms with Gasteiger partial charge in [-0.25, -0.2) is 0 Å². The fourth-order valence-corrected chi connectivity index (χ4v) is 1.55. The Morgan fingerprint density at radius 1 is 1.55 bits per heavy atom. The number of aryl methyl sites for hydroxylation is 1. The molecule has 0 radical (unpaired) electrons. The van der Waals surface area contributed by atoms with Crippen molar-refractivity contribution in [3.63, 3.8) is 0 Å². The summed E-state index contributed by atoms with van der Waals surface area (Å²) in [4.78, 5) is 0.676. The van der Waals surface area contributed by atoms with Crippen molar-refractivity contribution in [2.45, 2.75) is 11.8 Å². The zero-order valence-corrected chi connectivity index (χ0v) is 8.00. The molecule has 0 aliphatic carbocycles. The van der Waals surface area contributed by atoms with Crippen LogP contribution in [0, 0.1) is 6.92 Å². The van der Waals surface area contributed by atoms with E-state index in [2.05, 4.69) is 0 Å². The van der Waals surface area contributed by atoms with E-state index in [1.54, 1.807) is 6.07 Å². The molecule has 0 fully saturated rings. The molecule has 1 aromatic rings. The van der Waals surface area contributed by atoms with Gasteiger partial charge in [0, 0.05) is 0 Å². The summed E-state index contributed by atoms with van der Waals surface area (Å²) in [6.07, 6.45) is 0. The smallest absolute Gasteiger partial charge is 0.181 e. The van der Waals surface area contributed by atoms with E-state index in [0.29, 0.717) is 4.90 Å². The van der Waals surface area contributed by atoms with E-state index >= 15 is 0 Å².